The fourth-order valence-corrected chi connectivity index (χ4v) is 3.06. The Bertz CT molecular complexity index is 1140. The first-order valence-electron chi connectivity index (χ1n) is 8.81. The minimum atomic E-state index is -0.648. The number of nitrogens with zero attached hydrogens (tertiary/aromatic N) is 3. The average Bonchev–Trinajstić information content (AvgIpc) is 3.10. The second-order valence-corrected chi connectivity index (χ2v) is 6.39. The summed E-state index contributed by atoms with van der Waals surface area (Å²) >= 11 is 0. The van der Waals surface area contributed by atoms with Crippen LogP contribution in [0.3, 0.4) is 0 Å². The number of carbonyl (C=O) groups excluding carboxylic acids is 1. The maximum atomic E-state index is 12.6. The lowest BCUT2D eigenvalue weighted by atomic mass is 10.2. The summed E-state index contributed by atoms with van der Waals surface area (Å²) in [5, 5.41) is 3.36. The molecule has 4 rings (SSSR count). The average molecular weight is 361 g/mol. The van der Waals surface area contributed by atoms with Gasteiger partial charge in [0.25, 0.3) is 5.56 Å². The van der Waals surface area contributed by atoms with Crippen LogP contribution in [0.5, 0.6) is 0 Å². The molecule has 2 N–H and O–H groups in total. The summed E-state index contributed by atoms with van der Waals surface area (Å²) in [4.78, 5) is 37.0. The number of hydrogen-bond acceptors (Lipinski definition) is 4. The number of H-pyrrole nitrogens is 1. The third-order valence-corrected chi connectivity index (χ3v) is 4.59. The molecule has 0 aliphatic heterocycles. The van der Waals surface area contributed by atoms with Crippen molar-refractivity contribution in [2.75, 3.05) is 6.54 Å². The van der Waals surface area contributed by atoms with Gasteiger partial charge in [-0.2, -0.15) is 0 Å². The molecule has 0 saturated carbocycles. The molecule has 0 aliphatic rings. The van der Waals surface area contributed by atoms with Crippen LogP contribution in [0.25, 0.3) is 21.9 Å². The number of para-hydroxylation sites is 3. The van der Waals surface area contributed by atoms with Crippen molar-refractivity contribution in [3.63, 3.8) is 0 Å². The lowest BCUT2D eigenvalue weighted by molar-refractivity contribution is -0.123. The van der Waals surface area contributed by atoms with Crippen molar-refractivity contribution in [1.29, 1.82) is 0 Å². The smallest absolute Gasteiger partial charge is 0.261 e. The Morgan fingerprint density at radius 3 is 2.70 bits per heavy atom. The van der Waals surface area contributed by atoms with Gasteiger partial charge >= 0.3 is 0 Å². The van der Waals surface area contributed by atoms with Crippen LogP contribution >= 0.6 is 0 Å². The lowest BCUT2D eigenvalue weighted by Crippen LogP contribution is -2.36. The molecule has 0 fully saturated rings. The molecular formula is C20H19N5O2. The molecule has 2 heterocycles. The largest absolute Gasteiger partial charge is 0.354 e. The van der Waals surface area contributed by atoms with Crippen LogP contribution in [-0.4, -0.2) is 32.0 Å². The van der Waals surface area contributed by atoms with Gasteiger partial charge in [0.05, 0.1) is 28.3 Å². The summed E-state index contributed by atoms with van der Waals surface area (Å²) in [7, 11) is 0. The SMILES string of the molecule is C[C@@H](C(=O)NCCc1nc2ccccc2[nH]1)n1cnc2ccccc2c1=O. The topological polar surface area (TPSA) is 92.7 Å². The lowest BCUT2D eigenvalue weighted by Gasteiger charge is -2.15. The molecule has 2 aromatic heterocycles. The van der Waals surface area contributed by atoms with E-state index in [9.17, 15) is 9.59 Å². The fraction of sp³-hybridized carbons (Fsp3) is 0.200. The number of aromatic amines is 1. The van der Waals surface area contributed by atoms with Crippen LogP contribution in [0.2, 0.25) is 0 Å². The third-order valence-electron chi connectivity index (χ3n) is 4.59. The van der Waals surface area contributed by atoms with Crippen LogP contribution in [0.1, 0.15) is 18.8 Å². The molecule has 2 aromatic carbocycles. The standard InChI is InChI=1S/C20H19N5O2/c1-13(25-12-22-15-7-3-2-6-14(15)20(25)27)19(26)21-11-10-18-23-16-8-4-5-9-17(16)24-18/h2-9,12-13H,10-11H2,1H3,(H,21,26)(H,23,24)/t13-/m0/s1. The molecule has 136 valence electrons. The highest BCUT2D eigenvalue weighted by atomic mass is 16.2. The number of nitrogens with one attached hydrogen (secondary N) is 2. The van der Waals surface area contributed by atoms with Gasteiger partial charge in [0.2, 0.25) is 5.91 Å². The predicted octanol–water partition coefficient (Wildman–Crippen LogP) is 2.19. The monoisotopic (exact) mass is 361 g/mol. The zero-order chi connectivity index (χ0) is 18.8. The van der Waals surface area contributed by atoms with Gasteiger partial charge in [-0.1, -0.05) is 24.3 Å². The first-order chi connectivity index (χ1) is 13.1. The molecule has 0 unspecified atom stereocenters. The Morgan fingerprint density at radius 2 is 1.89 bits per heavy atom. The van der Waals surface area contributed by atoms with Crippen molar-refractivity contribution in [2.24, 2.45) is 0 Å². The van der Waals surface area contributed by atoms with Crippen molar-refractivity contribution in [1.82, 2.24) is 24.8 Å². The summed E-state index contributed by atoms with van der Waals surface area (Å²) < 4.78 is 1.36. The Labute approximate surface area is 155 Å². The number of fused-ring (bicyclic) bond motifs is 2. The van der Waals surface area contributed by atoms with Crippen molar-refractivity contribution >= 4 is 27.8 Å². The van der Waals surface area contributed by atoms with E-state index in [-0.39, 0.29) is 11.5 Å². The van der Waals surface area contributed by atoms with Gasteiger partial charge in [-0.25, -0.2) is 9.97 Å². The van der Waals surface area contributed by atoms with E-state index < -0.39 is 6.04 Å². The zero-order valence-corrected chi connectivity index (χ0v) is 14.8. The highest BCUT2D eigenvalue weighted by Gasteiger charge is 2.17. The maximum Gasteiger partial charge on any atom is 0.261 e. The van der Waals surface area contributed by atoms with E-state index in [1.54, 1.807) is 25.1 Å². The van der Waals surface area contributed by atoms with E-state index in [2.05, 4.69) is 20.3 Å². The van der Waals surface area contributed by atoms with Gasteiger partial charge in [0, 0.05) is 13.0 Å². The molecule has 1 amide bonds. The highest BCUT2D eigenvalue weighted by Crippen LogP contribution is 2.11. The van der Waals surface area contributed by atoms with Crippen molar-refractivity contribution < 1.29 is 4.79 Å². The quantitative estimate of drug-likeness (QED) is 0.570. The Morgan fingerprint density at radius 1 is 1.15 bits per heavy atom. The second kappa shape index (κ2) is 7.03. The highest BCUT2D eigenvalue weighted by molar-refractivity contribution is 5.81. The van der Waals surface area contributed by atoms with E-state index >= 15 is 0 Å². The molecule has 0 spiro atoms. The second-order valence-electron chi connectivity index (χ2n) is 6.39. The first kappa shape index (κ1) is 17.0. The van der Waals surface area contributed by atoms with Gasteiger partial charge in [-0.05, 0) is 31.2 Å². The number of imidazole rings is 1. The molecule has 0 radical (unpaired) electrons. The summed E-state index contributed by atoms with van der Waals surface area (Å²) in [6.45, 7) is 2.12. The Hall–Kier alpha value is -3.48. The zero-order valence-electron chi connectivity index (χ0n) is 14.8. The number of aromatic nitrogens is 4. The minimum absolute atomic E-state index is 0.222. The van der Waals surface area contributed by atoms with Crippen LogP contribution in [0.15, 0.2) is 59.7 Å². The summed E-state index contributed by atoms with van der Waals surface area (Å²) in [5.41, 5.74) is 2.28. The van der Waals surface area contributed by atoms with Crippen molar-refractivity contribution in [3.8, 4) is 0 Å². The molecular weight excluding hydrogens is 342 g/mol. The fourth-order valence-electron chi connectivity index (χ4n) is 3.06. The van der Waals surface area contributed by atoms with Gasteiger partial charge in [-0.15, -0.1) is 0 Å². The molecule has 4 aromatic rings. The minimum Gasteiger partial charge on any atom is -0.354 e. The maximum absolute atomic E-state index is 12.6. The van der Waals surface area contributed by atoms with Crippen molar-refractivity contribution in [3.05, 3.63) is 71.0 Å². The van der Waals surface area contributed by atoms with E-state index in [0.717, 1.165) is 16.9 Å². The molecule has 27 heavy (non-hydrogen) atoms. The van der Waals surface area contributed by atoms with E-state index in [1.807, 2.05) is 30.3 Å². The summed E-state index contributed by atoms with van der Waals surface area (Å²) in [6, 6.07) is 14.2. The summed E-state index contributed by atoms with van der Waals surface area (Å²) in [6.07, 6.45) is 2.01. The van der Waals surface area contributed by atoms with Crippen LogP contribution in [0, 0.1) is 0 Å². The van der Waals surface area contributed by atoms with Gasteiger partial charge < -0.3 is 10.3 Å². The molecule has 1 atom stereocenters. The molecule has 7 nitrogen and oxygen atoms in total. The van der Waals surface area contributed by atoms with Gasteiger partial charge in [0.1, 0.15) is 11.9 Å². The normalized spacial score (nSPS) is 12.3. The van der Waals surface area contributed by atoms with E-state index in [0.29, 0.717) is 23.9 Å². The first-order valence-corrected chi connectivity index (χ1v) is 8.81. The molecule has 7 heteroatoms. The predicted molar refractivity (Wildman–Crippen MR) is 104 cm³/mol. The molecule has 0 bridgehead atoms. The van der Waals surface area contributed by atoms with Crippen LogP contribution in [0.4, 0.5) is 0 Å². The van der Waals surface area contributed by atoms with Gasteiger partial charge in [-0.3, -0.25) is 14.2 Å². The molecule has 0 aliphatic carbocycles. The van der Waals surface area contributed by atoms with Crippen LogP contribution < -0.4 is 10.9 Å². The van der Waals surface area contributed by atoms with E-state index in [4.69, 9.17) is 0 Å². The van der Waals surface area contributed by atoms with Crippen molar-refractivity contribution in [2.45, 2.75) is 19.4 Å². The Balaban J connectivity index is 1.43. The van der Waals surface area contributed by atoms with Gasteiger partial charge in [0.15, 0.2) is 0 Å². The summed E-state index contributed by atoms with van der Waals surface area (Å²) in [5.74, 6) is 0.582. The number of amides is 1. The Kier molecular flexibility index (Phi) is 4.42. The molecule has 0 saturated heterocycles. The third kappa shape index (κ3) is 3.31. The van der Waals surface area contributed by atoms with E-state index in [1.165, 1.54) is 10.9 Å². The number of carbonyl (C=O) groups is 1. The number of benzene rings is 2. The van der Waals surface area contributed by atoms with Crippen LogP contribution in [-0.2, 0) is 11.2 Å². The number of rotatable bonds is 5. The number of hydrogen-bond donors (Lipinski definition) is 2.